The van der Waals surface area contributed by atoms with Gasteiger partial charge in [-0.15, -0.1) is 0 Å². The van der Waals surface area contributed by atoms with Crippen molar-refractivity contribution in [3.05, 3.63) is 0 Å². The van der Waals surface area contributed by atoms with Crippen molar-refractivity contribution >= 4 is 17.3 Å². The van der Waals surface area contributed by atoms with Gasteiger partial charge in [-0.05, 0) is 25.7 Å². The van der Waals surface area contributed by atoms with Crippen LogP contribution in [0.1, 0.15) is 41.5 Å². The lowest BCUT2D eigenvalue weighted by atomic mass is 9.73. The minimum atomic E-state index is -2.47. The Hall–Kier alpha value is -1.03. The molecule has 1 N–H and O–H groups in total. The molecule has 4 nitrogen and oxygen atoms in total. The van der Waals surface area contributed by atoms with E-state index >= 15 is 0 Å². The lowest BCUT2D eigenvalue weighted by molar-refractivity contribution is -0.160. The topological polar surface area (TPSA) is 71.4 Å². The fourth-order valence-electron chi connectivity index (χ4n) is 2.21. The molecule has 0 aromatic heterocycles. The van der Waals surface area contributed by atoms with Crippen LogP contribution in [0.25, 0.3) is 0 Å². The number of aliphatic hydroxyl groups is 1. The number of hydrogen-bond donors (Lipinski definition) is 1. The number of carbonyl (C=O) groups excluding carboxylic acids is 3. The molecule has 0 atom stereocenters. The lowest BCUT2D eigenvalue weighted by Crippen LogP contribution is -2.55. The number of ketones is 3. The molecule has 0 unspecified atom stereocenters. The maximum absolute atomic E-state index is 12.2. The monoisotopic (exact) mass is 242 g/mol. The normalized spacial score (nSPS) is 12.4. The molecular weight excluding hydrogens is 220 g/mol. The van der Waals surface area contributed by atoms with Crippen molar-refractivity contribution in [3.8, 4) is 0 Å². The van der Waals surface area contributed by atoms with Gasteiger partial charge in [0.25, 0.3) is 0 Å². The Morgan fingerprint density at radius 2 is 1.18 bits per heavy atom. The first kappa shape index (κ1) is 16.0. The van der Waals surface area contributed by atoms with E-state index in [9.17, 15) is 19.5 Å². The van der Waals surface area contributed by atoms with Crippen LogP contribution >= 0.6 is 0 Å². The highest BCUT2D eigenvalue weighted by atomic mass is 16.3. The standard InChI is InChI=1S/C13H22O4/c1-7(2)11(8(3)4)12(16)13(17,9(5)14)10(6)15/h7-8,11,17H,1-6H3. The molecule has 0 amide bonds. The molecule has 98 valence electrons. The van der Waals surface area contributed by atoms with Crippen molar-refractivity contribution in [1.29, 1.82) is 0 Å². The molecule has 0 aliphatic heterocycles. The Morgan fingerprint density at radius 3 is 1.35 bits per heavy atom. The van der Waals surface area contributed by atoms with E-state index in [1.165, 1.54) is 0 Å². The van der Waals surface area contributed by atoms with Crippen LogP contribution in [-0.4, -0.2) is 28.1 Å². The minimum Gasteiger partial charge on any atom is -0.369 e. The maximum Gasteiger partial charge on any atom is 0.239 e. The summed E-state index contributed by atoms with van der Waals surface area (Å²) in [5, 5.41) is 10.1. The predicted octanol–water partition coefficient (Wildman–Crippen LogP) is 1.39. The minimum absolute atomic E-state index is 0.0345. The molecule has 17 heavy (non-hydrogen) atoms. The number of carbonyl (C=O) groups is 3. The van der Waals surface area contributed by atoms with E-state index in [4.69, 9.17) is 0 Å². The van der Waals surface area contributed by atoms with Crippen LogP contribution in [0.2, 0.25) is 0 Å². The van der Waals surface area contributed by atoms with Gasteiger partial charge in [0.1, 0.15) is 0 Å². The molecular formula is C13H22O4. The van der Waals surface area contributed by atoms with Gasteiger partial charge in [-0.2, -0.15) is 0 Å². The number of Topliss-reactive ketones (excluding diaryl/α,β-unsaturated/α-hetero) is 3. The third kappa shape index (κ3) is 3.00. The molecule has 0 aromatic carbocycles. The van der Waals surface area contributed by atoms with Crippen molar-refractivity contribution in [1.82, 2.24) is 0 Å². The summed E-state index contributed by atoms with van der Waals surface area (Å²) < 4.78 is 0. The molecule has 0 spiro atoms. The van der Waals surface area contributed by atoms with Gasteiger partial charge in [-0.1, -0.05) is 27.7 Å². The Bertz CT molecular complexity index is 306. The van der Waals surface area contributed by atoms with Crippen molar-refractivity contribution in [2.75, 3.05) is 0 Å². The van der Waals surface area contributed by atoms with Crippen LogP contribution in [0.5, 0.6) is 0 Å². The second kappa shape index (κ2) is 5.54. The molecule has 4 heteroatoms. The fourth-order valence-corrected chi connectivity index (χ4v) is 2.21. The highest BCUT2D eigenvalue weighted by molar-refractivity contribution is 6.27. The number of rotatable bonds is 6. The third-order valence-corrected chi connectivity index (χ3v) is 3.11. The van der Waals surface area contributed by atoms with Crippen LogP contribution in [-0.2, 0) is 14.4 Å². The van der Waals surface area contributed by atoms with Gasteiger partial charge in [-0.3, -0.25) is 14.4 Å². The van der Waals surface area contributed by atoms with Gasteiger partial charge in [0, 0.05) is 5.92 Å². The van der Waals surface area contributed by atoms with E-state index in [0.29, 0.717) is 0 Å². The maximum atomic E-state index is 12.2. The summed E-state index contributed by atoms with van der Waals surface area (Å²) in [6.07, 6.45) is 0. The SMILES string of the molecule is CC(=O)C(O)(C(C)=O)C(=O)C(C(C)C)C(C)C. The second-order valence-electron chi connectivity index (χ2n) is 5.20. The van der Waals surface area contributed by atoms with Gasteiger partial charge in [0.15, 0.2) is 17.3 Å². The van der Waals surface area contributed by atoms with E-state index in [2.05, 4.69) is 0 Å². The quantitative estimate of drug-likeness (QED) is 0.714. The van der Waals surface area contributed by atoms with E-state index in [0.717, 1.165) is 13.8 Å². The smallest absolute Gasteiger partial charge is 0.239 e. The Kier molecular flexibility index (Phi) is 5.20. The highest BCUT2D eigenvalue weighted by Gasteiger charge is 2.49. The molecule has 0 aliphatic carbocycles. The molecule has 0 saturated carbocycles. The summed E-state index contributed by atoms with van der Waals surface area (Å²) in [6, 6.07) is 0. The van der Waals surface area contributed by atoms with Crippen molar-refractivity contribution < 1.29 is 19.5 Å². The first-order valence-electron chi connectivity index (χ1n) is 5.85. The molecule has 0 rings (SSSR count). The molecule has 0 radical (unpaired) electrons. The summed E-state index contributed by atoms with van der Waals surface area (Å²) in [4.78, 5) is 35.1. The molecule has 0 saturated heterocycles. The van der Waals surface area contributed by atoms with E-state index in [1.807, 2.05) is 27.7 Å². The zero-order chi connectivity index (χ0) is 14.0. The average Bonchev–Trinajstić information content (AvgIpc) is 2.14. The largest absolute Gasteiger partial charge is 0.369 e. The summed E-state index contributed by atoms with van der Waals surface area (Å²) in [5.41, 5.74) is -2.47. The predicted molar refractivity (Wildman–Crippen MR) is 64.5 cm³/mol. The van der Waals surface area contributed by atoms with Gasteiger partial charge in [0.2, 0.25) is 5.60 Å². The first-order chi connectivity index (χ1) is 7.56. The van der Waals surface area contributed by atoms with Crippen molar-refractivity contribution in [2.24, 2.45) is 17.8 Å². The van der Waals surface area contributed by atoms with Crippen LogP contribution in [0.15, 0.2) is 0 Å². The molecule has 0 heterocycles. The lowest BCUT2D eigenvalue weighted by Gasteiger charge is -2.30. The average molecular weight is 242 g/mol. The Labute approximate surface area is 102 Å². The Balaban J connectivity index is 5.50. The zero-order valence-electron chi connectivity index (χ0n) is 11.4. The van der Waals surface area contributed by atoms with E-state index in [1.54, 1.807) is 0 Å². The van der Waals surface area contributed by atoms with Crippen LogP contribution < -0.4 is 0 Å². The Morgan fingerprint density at radius 1 is 0.882 bits per heavy atom. The van der Waals surface area contributed by atoms with Crippen LogP contribution in [0, 0.1) is 17.8 Å². The van der Waals surface area contributed by atoms with E-state index < -0.39 is 28.9 Å². The molecule has 0 bridgehead atoms. The van der Waals surface area contributed by atoms with Gasteiger partial charge in [-0.25, -0.2) is 0 Å². The van der Waals surface area contributed by atoms with Crippen LogP contribution in [0.4, 0.5) is 0 Å². The summed E-state index contributed by atoms with van der Waals surface area (Å²) in [5.74, 6) is -2.86. The van der Waals surface area contributed by atoms with Crippen molar-refractivity contribution in [2.45, 2.75) is 47.1 Å². The number of hydrogen-bond acceptors (Lipinski definition) is 4. The summed E-state index contributed by atoms with van der Waals surface area (Å²) in [7, 11) is 0. The first-order valence-corrected chi connectivity index (χ1v) is 5.85. The van der Waals surface area contributed by atoms with Gasteiger partial charge < -0.3 is 5.11 Å². The fraction of sp³-hybridized carbons (Fsp3) is 0.769. The van der Waals surface area contributed by atoms with Gasteiger partial charge >= 0.3 is 0 Å². The highest BCUT2D eigenvalue weighted by Crippen LogP contribution is 2.27. The van der Waals surface area contributed by atoms with Crippen LogP contribution in [0.3, 0.4) is 0 Å². The molecule has 0 aromatic rings. The summed E-state index contributed by atoms with van der Waals surface area (Å²) >= 11 is 0. The third-order valence-electron chi connectivity index (χ3n) is 3.11. The summed E-state index contributed by atoms with van der Waals surface area (Å²) in [6.45, 7) is 9.48. The van der Waals surface area contributed by atoms with Crippen molar-refractivity contribution in [3.63, 3.8) is 0 Å². The van der Waals surface area contributed by atoms with E-state index in [-0.39, 0.29) is 11.8 Å². The molecule has 0 aliphatic rings. The zero-order valence-corrected chi connectivity index (χ0v) is 11.4. The van der Waals surface area contributed by atoms with Gasteiger partial charge in [0.05, 0.1) is 0 Å². The second-order valence-corrected chi connectivity index (χ2v) is 5.20. The molecule has 0 fully saturated rings.